The molecule has 1 aromatic heterocycles. The molecule has 0 amide bonds. The Morgan fingerprint density at radius 1 is 0.697 bits per heavy atom. The number of carbonyl (C=O) groups is 2. The molecule has 33 heavy (non-hydrogen) atoms. The third-order valence-electron chi connectivity index (χ3n) is 5.81. The van der Waals surface area contributed by atoms with Gasteiger partial charge in [-0.05, 0) is 59.5 Å². The average molecular weight is 453 g/mol. The standard InChI is InChI=1S/C28H20O4S/c29-16-18-7-5-17(6-8-18)13-19-9-11-25-23(14-19)24-15-20(10-12-26(24)33-25)27(30)21-3-1-2-4-22(21)28(31)32/h1-12,14-15,29H,13,16H2,(H,31,32). The van der Waals surface area contributed by atoms with E-state index in [1.807, 2.05) is 36.4 Å². The van der Waals surface area contributed by atoms with Gasteiger partial charge in [-0.15, -0.1) is 11.3 Å². The van der Waals surface area contributed by atoms with Gasteiger partial charge in [-0.25, -0.2) is 4.79 Å². The molecule has 5 heteroatoms. The van der Waals surface area contributed by atoms with Gasteiger partial charge in [0.2, 0.25) is 0 Å². The molecule has 4 aromatic carbocycles. The van der Waals surface area contributed by atoms with Crippen molar-refractivity contribution in [3.63, 3.8) is 0 Å². The predicted molar refractivity (Wildman–Crippen MR) is 131 cm³/mol. The number of rotatable bonds is 6. The van der Waals surface area contributed by atoms with Gasteiger partial charge in [0, 0.05) is 31.3 Å². The highest BCUT2D eigenvalue weighted by atomic mass is 32.1. The largest absolute Gasteiger partial charge is 0.478 e. The summed E-state index contributed by atoms with van der Waals surface area (Å²) in [6.07, 6.45) is 0.767. The smallest absolute Gasteiger partial charge is 0.336 e. The number of hydrogen-bond acceptors (Lipinski definition) is 4. The van der Waals surface area contributed by atoms with Gasteiger partial charge in [0.15, 0.2) is 5.78 Å². The van der Waals surface area contributed by atoms with Crippen molar-refractivity contribution in [2.75, 3.05) is 0 Å². The molecule has 0 unspecified atom stereocenters. The number of carboxylic acids is 1. The van der Waals surface area contributed by atoms with Gasteiger partial charge in [0.25, 0.3) is 0 Å². The second-order valence-electron chi connectivity index (χ2n) is 7.97. The zero-order chi connectivity index (χ0) is 22.9. The summed E-state index contributed by atoms with van der Waals surface area (Å²) in [5.41, 5.74) is 3.88. The van der Waals surface area contributed by atoms with Crippen LogP contribution in [0.25, 0.3) is 20.2 Å². The summed E-state index contributed by atoms with van der Waals surface area (Å²) < 4.78 is 2.22. The van der Waals surface area contributed by atoms with Gasteiger partial charge in [0.1, 0.15) is 0 Å². The van der Waals surface area contributed by atoms with Gasteiger partial charge in [-0.2, -0.15) is 0 Å². The number of carboxylic acid groups (broad SMARTS) is 1. The quantitative estimate of drug-likeness (QED) is 0.307. The van der Waals surface area contributed by atoms with E-state index < -0.39 is 5.97 Å². The van der Waals surface area contributed by atoms with Crippen LogP contribution in [0.15, 0.2) is 84.9 Å². The number of aliphatic hydroxyl groups is 1. The van der Waals surface area contributed by atoms with Crippen LogP contribution in [0.1, 0.15) is 43.0 Å². The molecule has 4 nitrogen and oxygen atoms in total. The number of thiophene rings is 1. The molecule has 0 atom stereocenters. The Balaban J connectivity index is 1.54. The molecule has 0 aliphatic carbocycles. The van der Waals surface area contributed by atoms with Crippen LogP contribution in [0.5, 0.6) is 0 Å². The van der Waals surface area contributed by atoms with Gasteiger partial charge in [-0.1, -0.05) is 48.5 Å². The first-order valence-corrected chi connectivity index (χ1v) is 11.4. The van der Waals surface area contributed by atoms with Crippen LogP contribution in [0, 0.1) is 0 Å². The number of aromatic carboxylic acids is 1. The predicted octanol–water partition coefficient (Wildman–Crippen LogP) is 6.07. The number of aliphatic hydroxyl groups excluding tert-OH is 1. The lowest BCUT2D eigenvalue weighted by Gasteiger charge is -2.06. The molecule has 1 heterocycles. The van der Waals surface area contributed by atoms with E-state index in [9.17, 15) is 19.8 Å². The van der Waals surface area contributed by atoms with Crippen LogP contribution in [0.2, 0.25) is 0 Å². The second kappa shape index (κ2) is 8.62. The lowest BCUT2D eigenvalue weighted by Crippen LogP contribution is -2.09. The molecule has 0 bridgehead atoms. The molecule has 0 saturated heterocycles. The van der Waals surface area contributed by atoms with Gasteiger partial charge < -0.3 is 10.2 Å². The van der Waals surface area contributed by atoms with Crippen molar-refractivity contribution in [3.8, 4) is 0 Å². The van der Waals surface area contributed by atoms with E-state index in [4.69, 9.17) is 0 Å². The van der Waals surface area contributed by atoms with E-state index in [0.717, 1.165) is 43.3 Å². The second-order valence-corrected chi connectivity index (χ2v) is 9.06. The fourth-order valence-electron chi connectivity index (χ4n) is 4.10. The molecule has 5 aromatic rings. The van der Waals surface area contributed by atoms with Gasteiger partial charge >= 0.3 is 5.97 Å². The maximum Gasteiger partial charge on any atom is 0.336 e. The number of hydrogen-bond donors (Lipinski definition) is 2. The Bertz CT molecular complexity index is 1510. The Labute approximate surface area is 194 Å². The SMILES string of the molecule is O=C(O)c1ccccc1C(=O)c1ccc2sc3ccc(Cc4ccc(CO)cc4)cc3c2c1. The van der Waals surface area contributed by atoms with Crippen molar-refractivity contribution in [2.24, 2.45) is 0 Å². The van der Waals surface area contributed by atoms with Crippen molar-refractivity contribution in [1.82, 2.24) is 0 Å². The summed E-state index contributed by atoms with van der Waals surface area (Å²) in [5.74, 6) is -1.41. The normalized spacial score (nSPS) is 11.2. The highest BCUT2D eigenvalue weighted by Crippen LogP contribution is 2.35. The third kappa shape index (κ3) is 4.04. The molecule has 0 saturated carbocycles. The van der Waals surface area contributed by atoms with E-state index in [0.29, 0.717) is 5.56 Å². The minimum Gasteiger partial charge on any atom is -0.478 e. The molecule has 5 rings (SSSR count). The number of benzene rings is 4. The lowest BCUT2D eigenvalue weighted by molar-refractivity contribution is 0.0693. The van der Waals surface area contributed by atoms with Crippen molar-refractivity contribution in [2.45, 2.75) is 13.0 Å². The van der Waals surface area contributed by atoms with Crippen LogP contribution in [0.4, 0.5) is 0 Å². The molecular weight excluding hydrogens is 432 g/mol. The Kier molecular flexibility index (Phi) is 5.50. The molecule has 0 spiro atoms. The molecular formula is C28H20O4S. The lowest BCUT2D eigenvalue weighted by atomic mass is 9.96. The first kappa shape index (κ1) is 21.1. The van der Waals surface area contributed by atoms with Crippen LogP contribution in [0.3, 0.4) is 0 Å². The minimum absolute atomic E-state index is 0.00674. The number of carbonyl (C=O) groups excluding carboxylic acids is 1. The van der Waals surface area contributed by atoms with E-state index >= 15 is 0 Å². The summed E-state index contributed by atoms with van der Waals surface area (Å²) in [5, 5.41) is 20.8. The first-order chi connectivity index (χ1) is 16.0. The van der Waals surface area contributed by atoms with Crippen molar-refractivity contribution in [1.29, 1.82) is 0 Å². The van der Waals surface area contributed by atoms with E-state index in [1.165, 1.54) is 6.07 Å². The fraction of sp³-hybridized carbons (Fsp3) is 0.0714. The molecule has 0 aliphatic heterocycles. The summed E-state index contributed by atoms with van der Waals surface area (Å²) in [4.78, 5) is 24.7. The zero-order valence-electron chi connectivity index (χ0n) is 17.6. The Morgan fingerprint density at radius 2 is 1.30 bits per heavy atom. The summed E-state index contributed by atoms with van der Waals surface area (Å²) in [6, 6.07) is 26.2. The number of ketones is 1. The summed E-state index contributed by atoms with van der Waals surface area (Å²) >= 11 is 1.67. The van der Waals surface area contributed by atoms with E-state index in [1.54, 1.807) is 35.6 Å². The van der Waals surface area contributed by atoms with Crippen LogP contribution < -0.4 is 0 Å². The van der Waals surface area contributed by atoms with Gasteiger partial charge in [0.05, 0.1) is 12.2 Å². The summed E-state index contributed by atoms with van der Waals surface area (Å²) in [6.45, 7) is 0.0329. The fourth-order valence-corrected chi connectivity index (χ4v) is 5.16. The molecule has 0 fully saturated rings. The molecule has 0 aliphatic rings. The Hall–Kier alpha value is -3.80. The highest BCUT2D eigenvalue weighted by Gasteiger charge is 2.18. The van der Waals surface area contributed by atoms with E-state index in [2.05, 4.69) is 18.2 Å². The van der Waals surface area contributed by atoms with Crippen molar-refractivity contribution < 1.29 is 19.8 Å². The average Bonchev–Trinajstić information content (AvgIpc) is 3.21. The van der Waals surface area contributed by atoms with Crippen LogP contribution in [-0.4, -0.2) is 22.0 Å². The zero-order valence-corrected chi connectivity index (χ0v) is 18.4. The first-order valence-electron chi connectivity index (χ1n) is 10.5. The maximum absolute atomic E-state index is 13.2. The van der Waals surface area contributed by atoms with Gasteiger partial charge in [-0.3, -0.25) is 4.79 Å². The molecule has 0 radical (unpaired) electrons. The monoisotopic (exact) mass is 452 g/mol. The minimum atomic E-state index is -1.11. The van der Waals surface area contributed by atoms with Crippen LogP contribution in [-0.2, 0) is 13.0 Å². The topological polar surface area (TPSA) is 74.6 Å². The van der Waals surface area contributed by atoms with E-state index in [-0.39, 0.29) is 23.5 Å². The molecule has 162 valence electrons. The van der Waals surface area contributed by atoms with Crippen molar-refractivity contribution >= 4 is 43.3 Å². The third-order valence-corrected chi connectivity index (χ3v) is 6.96. The number of fused-ring (bicyclic) bond motifs is 3. The van der Waals surface area contributed by atoms with Crippen LogP contribution >= 0.6 is 11.3 Å². The molecule has 2 N–H and O–H groups in total. The van der Waals surface area contributed by atoms with Crippen molar-refractivity contribution in [3.05, 3.63) is 118 Å². The Morgan fingerprint density at radius 3 is 2.00 bits per heavy atom. The maximum atomic E-state index is 13.2. The summed E-state index contributed by atoms with van der Waals surface area (Å²) in [7, 11) is 0. The highest BCUT2D eigenvalue weighted by molar-refractivity contribution is 7.25.